The van der Waals surface area contributed by atoms with E-state index in [1.165, 1.54) is 11.0 Å². The van der Waals surface area contributed by atoms with E-state index in [0.717, 1.165) is 24.6 Å². The molecule has 8 nitrogen and oxygen atoms in total. The summed E-state index contributed by atoms with van der Waals surface area (Å²) >= 11 is 0. The number of likely N-dealkylation sites (N-methyl/N-ethyl adjacent to an activating group) is 1. The number of nitrogens with one attached hydrogen (secondary N) is 1. The molecule has 5 rings (SSSR count). The van der Waals surface area contributed by atoms with Gasteiger partial charge in [0, 0.05) is 51.9 Å². The van der Waals surface area contributed by atoms with Gasteiger partial charge in [0.25, 0.3) is 5.91 Å². The van der Waals surface area contributed by atoms with Crippen LogP contribution >= 0.6 is 0 Å². The van der Waals surface area contributed by atoms with Gasteiger partial charge in [0.2, 0.25) is 0 Å². The van der Waals surface area contributed by atoms with E-state index in [-0.39, 0.29) is 11.7 Å². The molecule has 1 N–H and O–H groups in total. The number of halogens is 1. The van der Waals surface area contributed by atoms with Gasteiger partial charge in [0.05, 0.1) is 0 Å². The minimum Gasteiger partial charge on any atom is -0.340 e. The average molecular weight is 451 g/mol. The summed E-state index contributed by atoms with van der Waals surface area (Å²) in [6, 6.07) is 15.8. The van der Waals surface area contributed by atoms with Crippen molar-refractivity contribution < 1.29 is 14.0 Å². The molecule has 2 aromatic carbocycles. The number of carbonyl (C=O) groups is 2. The lowest BCUT2D eigenvalue weighted by molar-refractivity contribution is -0.127. The number of rotatable bonds is 4. The van der Waals surface area contributed by atoms with Crippen LogP contribution in [0.3, 0.4) is 0 Å². The Kier molecular flexibility index (Phi) is 5.72. The van der Waals surface area contributed by atoms with Gasteiger partial charge in [-0.1, -0.05) is 48.5 Å². The van der Waals surface area contributed by atoms with Crippen LogP contribution in [0.5, 0.6) is 0 Å². The van der Waals surface area contributed by atoms with Crippen molar-refractivity contribution in [1.29, 1.82) is 0 Å². The first-order chi connectivity index (χ1) is 16.0. The smallest absolute Gasteiger partial charge is 0.325 e. The number of aliphatic imine (C=N–C) groups is 1. The summed E-state index contributed by atoms with van der Waals surface area (Å²) in [7, 11) is 1.67. The molecule has 2 saturated heterocycles. The van der Waals surface area contributed by atoms with Gasteiger partial charge in [-0.05, 0) is 11.6 Å². The third-order valence-corrected chi connectivity index (χ3v) is 6.54. The predicted molar refractivity (Wildman–Crippen MR) is 122 cm³/mol. The Morgan fingerprint density at radius 3 is 2.39 bits per heavy atom. The summed E-state index contributed by atoms with van der Waals surface area (Å²) in [4.78, 5) is 37.7. The van der Waals surface area contributed by atoms with Crippen LogP contribution in [0.1, 0.15) is 11.1 Å². The van der Waals surface area contributed by atoms with Crippen molar-refractivity contribution in [1.82, 2.24) is 24.9 Å². The van der Waals surface area contributed by atoms with E-state index >= 15 is 0 Å². The fourth-order valence-electron chi connectivity index (χ4n) is 4.70. The SMILES string of the molecule is CN1C(=O)NC(=O)C2C1N=C(N1CCN(Cc3ccccc3F)CC1)N2Cc1ccccc1. The lowest BCUT2D eigenvalue weighted by Gasteiger charge is -2.40. The highest BCUT2D eigenvalue weighted by Crippen LogP contribution is 2.28. The van der Waals surface area contributed by atoms with Crippen molar-refractivity contribution >= 4 is 17.9 Å². The third-order valence-electron chi connectivity index (χ3n) is 6.54. The van der Waals surface area contributed by atoms with Crippen LogP contribution < -0.4 is 5.32 Å². The first-order valence-corrected chi connectivity index (χ1v) is 11.2. The highest BCUT2D eigenvalue weighted by atomic mass is 19.1. The van der Waals surface area contributed by atoms with Crippen LogP contribution in [0.4, 0.5) is 9.18 Å². The lowest BCUT2D eigenvalue weighted by Crippen LogP contribution is -2.64. The molecule has 0 aliphatic carbocycles. The molecular weight excluding hydrogens is 423 g/mol. The third kappa shape index (κ3) is 4.16. The second-order valence-corrected chi connectivity index (χ2v) is 8.66. The van der Waals surface area contributed by atoms with Gasteiger partial charge in [-0.15, -0.1) is 0 Å². The van der Waals surface area contributed by atoms with Crippen LogP contribution in [0, 0.1) is 5.82 Å². The number of carbonyl (C=O) groups excluding carboxylic acids is 2. The Morgan fingerprint density at radius 2 is 1.67 bits per heavy atom. The molecule has 0 aromatic heterocycles. The zero-order chi connectivity index (χ0) is 22.9. The molecule has 2 atom stereocenters. The number of fused-ring (bicyclic) bond motifs is 1. The van der Waals surface area contributed by atoms with E-state index in [9.17, 15) is 14.0 Å². The van der Waals surface area contributed by atoms with E-state index in [1.807, 2.05) is 47.4 Å². The molecule has 9 heteroatoms. The summed E-state index contributed by atoms with van der Waals surface area (Å²) in [6.07, 6.45) is -0.554. The van der Waals surface area contributed by atoms with Crippen LogP contribution in [0.15, 0.2) is 59.6 Å². The zero-order valence-corrected chi connectivity index (χ0v) is 18.5. The van der Waals surface area contributed by atoms with Crippen molar-refractivity contribution in [3.05, 3.63) is 71.5 Å². The minimum atomic E-state index is -0.570. The van der Waals surface area contributed by atoms with Gasteiger partial charge in [-0.3, -0.25) is 15.0 Å². The van der Waals surface area contributed by atoms with Gasteiger partial charge in [0.15, 0.2) is 18.2 Å². The molecule has 0 bridgehead atoms. The Balaban J connectivity index is 1.34. The zero-order valence-electron chi connectivity index (χ0n) is 18.5. The lowest BCUT2D eigenvalue weighted by atomic mass is 10.1. The second-order valence-electron chi connectivity index (χ2n) is 8.66. The van der Waals surface area contributed by atoms with Crippen LogP contribution in [0.25, 0.3) is 0 Å². The Bertz CT molecular complexity index is 1070. The molecular formula is C24H27FN6O2. The minimum absolute atomic E-state index is 0.183. The highest BCUT2D eigenvalue weighted by Gasteiger charge is 2.49. The molecule has 3 amide bonds. The number of hydrogen-bond acceptors (Lipinski definition) is 6. The maximum absolute atomic E-state index is 14.1. The fraction of sp³-hybridized carbons (Fsp3) is 0.375. The monoisotopic (exact) mass is 450 g/mol. The second kappa shape index (κ2) is 8.82. The number of nitrogens with zero attached hydrogens (tertiary/aromatic N) is 5. The number of benzene rings is 2. The number of hydrogen-bond donors (Lipinski definition) is 1. The van der Waals surface area contributed by atoms with Crippen LogP contribution in [-0.2, 0) is 17.9 Å². The Labute approximate surface area is 192 Å². The van der Waals surface area contributed by atoms with Crippen molar-refractivity contribution in [2.75, 3.05) is 33.2 Å². The van der Waals surface area contributed by atoms with Crippen molar-refractivity contribution in [3.63, 3.8) is 0 Å². The van der Waals surface area contributed by atoms with Gasteiger partial charge in [0.1, 0.15) is 5.82 Å². The van der Waals surface area contributed by atoms with E-state index in [0.29, 0.717) is 31.7 Å². The Morgan fingerprint density at radius 1 is 0.970 bits per heavy atom. The quantitative estimate of drug-likeness (QED) is 0.768. The van der Waals surface area contributed by atoms with Crippen LogP contribution in [0.2, 0.25) is 0 Å². The van der Waals surface area contributed by atoms with Gasteiger partial charge < -0.3 is 14.7 Å². The summed E-state index contributed by atoms with van der Waals surface area (Å²) in [6.45, 7) is 4.00. The molecule has 0 saturated carbocycles. The molecule has 3 aliphatic rings. The summed E-state index contributed by atoms with van der Waals surface area (Å²) in [5, 5.41) is 2.45. The van der Waals surface area contributed by atoms with E-state index in [4.69, 9.17) is 4.99 Å². The van der Waals surface area contributed by atoms with Crippen molar-refractivity contribution in [2.45, 2.75) is 25.3 Å². The van der Waals surface area contributed by atoms with E-state index in [1.54, 1.807) is 13.1 Å². The van der Waals surface area contributed by atoms with Crippen LogP contribution in [-0.4, -0.2) is 82.9 Å². The normalized spacial score (nSPS) is 23.5. The van der Waals surface area contributed by atoms with Crippen molar-refractivity contribution in [3.8, 4) is 0 Å². The molecule has 33 heavy (non-hydrogen) atoms. The number of amides is 3. The average Bonchev–Trinajstić information content (AvgIpc) is 3.20. The number of urea groups is 1. The molecule has 3 aliphatic heterocycles. The number of guanidine groups is 1. The number of piperazine rings is 1. The molecule has 2 aromatic rings. The standard InChI is InChI=1S/C24H27FN6O2/c1-28-21-20(22(32)27-24(28)33)31(15-17-7-3-2-4-8-17)23(26-21)30-13-11-29(12-14-30)16-18-9-5-6-10-19(18)25/h2-10,20-21H,11-16H2,1H3,(H,27,32,33). The maximum atomic E-state index is 14.1. The van der Waals surface area contributed by atoms with Gasteiger partial charge in [-0.25, -0.2) is 14.2 Å². The first kappa shape index (κ1) is 21.4. The Hall–Kier alpha value is -3.46. The summed E-state index contributed by atoms with van der Waals surface area (Å²) in [5.41, 5.74) is 1.76. The topological polar surface area (TPSA) is 71.5 Å². The molecule has 3 heterocycles. The molecule has 2 fully saturated rings. The molecule has 172 valence electrons. The van der Waals surface area contributed by atoms with E-state index in [2.05, 4.69) is 15.1 Å². The summed E-state index contributed by atoms with van der Waals surface area (Å²) in [5.74, 6) is 0.226. The largest absolute Gasteiger partial charge is 0.340 e. The van der Waals surface area contributed by atoms with Crippen molar-refractivity contribution in [2.24, 2.45) is 4.99 Å². The van der Waals surface area contributed by atoms with Gasteiger partial charge >= 0.3 is 6.03 Å². The predicted octanol–water partition coefficient (Wildman–Crippen LogP) is 1.69. The highest BCUT2D eigenvalue weighted by molar-refractivity contribution is 6.03. The van der Waals surface area contributed by atoms with E-state index < -0.39 is 18.2 Å². The first-order valence-electron chi connectivity index (χ1n) is 11.2. The maximum Gasteiger partial charge on any atom is 0.325 e. The number of imide groups is 1. The molecule has 2 unspecified atom stereocenters. The molecule has 0 radical (unpaired) electrons. The fourth-order valence-corrected chi connectivity index (χ4v) is 4.70. The molecule has 0 spiro atoms. The van der Waals surface area contributed by atoms with Gasteiger partial charge in [-0.2, -0.15) is 0 Å². The summed E-state index contributed by atoms with van der Waals surface area (Å²) < 4.78 is 14.1.